The molecule has 0 saturated carbocycles. The summed E-state index contributed by atoms with van der Waals surface area (Å²) in [5.74, 6) is -3.35. The molecule has 4 N–H and O–H groups in total. The maximum absolute atomic E-state index is 13.7. The number of hydrogen-bond donors (Lipinski definition) is 4. The maximum Gasteiger partial charge on any atom is 0.408 e. The fourth-order valence-corrected chi connectivity index (χ4v) is 5.07. The molecule has 5 amide bonds. The van der Waals surface area contributed by atoms with E-state index in [1.165, 1.54) is 11.8 Å². The third-order valence-corrected chi connectivity index (χ3v) is 7.49. The van der Waals surface area contributed by atoms with Gasteiger partial charge in [-0.25, -0.2) is 4.79 Å². The minimum absolute atomic E-state index is 0.00651. The summed E-state index contributed by atoms with van der Waals surface area (Å²) in [5.41, 5.74) is 1.51. The van der Waals surface area contributed by atoms with E-state index in [0.717, 1.165) is 30.4 Å². The van der Waals surface area contributed by atoms with Gasteiger partial charge in [-0.3, -0.25) is 24.0 Å². The summed E-state index contributed by atoms with van der Waals surface area (Å²) >= 11 is 0. The van der Waals surface area contributed by atoms with Gasteiger partial charge in [0.05, 0.1) is 0 Å². The van der Waals surface area contributed by atoms with Crippen molar-refractivity contribution in [1.29, 1.82) is 0 Å². The average molecular weight is 636 g/mol. The van der Waals surface area contributed by atoms with E-state index in [2.05, 4.69) is 21.3 Å². The first-order valence-corrected chi connectivity index (χ1v) is 15.7. The Morgan fingerprint density at radius 2 is 1.30 bits per heavy atom. The molecule has 1 fully saturated rings. The molecule has 0 bridgehead atoms. The van der Waals surface area contributed by atoms with Gasteiger partial charge < -0.3 is 30.9 Å². The zero-order chi connectivity index (χ0) is 33.5. The number of ether oxygens (including phenoxy) is 1. The van der Waals surface area contributed by atoms with E-state index in [4.69, 9.17) is 4.74 Å². The Kier molecular flexibility index (Phi) is 14.2. The topological polar surface area (TPSA) is 163 Å². The Morgan fingerprint density at radius 3 is 1.89 bits per heavy atom. The minimum Gasteiger partial charge on any atom is -0.445 e. The van der Waals surface area contributed by atoms with Crippen molar-refractivity contribution in [3.05, 3.63) is 71.8 Å². The fraction of sp³-hybridized carbons (Fsp3) is 0.471. The molecule has 0 radical (unpaired) electrons. The van der Waals surface area contributed by atoms with Crippen LogP contribution in [0.5, 0.6) is 0 Å². The van der Waals surface area contributed by atoms with Gasteiger partial charge in [0.25, 0.3) is 5.91 Å². The van der Waals surface area contributed by atoms with Crippen LogP contribution in [0.1, 0.15) is 57.6 Å². The summed E-state index contributed by atoms with van der Waals surface area (Å²) in [7, 11) is 0. The Balaban J connectivity index is 1.77. The van der Waals surface area contributed by atoms with E-state index in [0.29, 0.717) is 13.1 Å². The molecule has 1 aliphatic rings. The molecule has 0 unspecified atom stereocenters. The van der Waals surface area contributed by atoms with E-state index < -0.39 is 53.6 Å². The number of ketones is 1. The number of Topliss-reactive ketones (excluding diaryl/α,β-unsaturated/α-hetero) is 1. The minimum atomic E-state index is -1.35. The predicted octanol–water partition coefficient (Wildman–Crippen LogP) is 2.26. The summed E-state index contributed by atoms with van der Waals surface area (Å²) < 4.78 is 5.32. The number of amides is 5. The van der Waals surface area contributed by atoms with Crippen molar-refractivity contribution in [3.63, 3.8) is 0 Å². The second kappa shape index (κ2) is 18.3. The number of rotatable bonds is 15. The van der Waals surface area contributed by atoms with Crippen molar-refractivity contribution in [2.45, 2.75) is 77.6 Å². The molecule has 1 aliphatic heterocycles. The van der Waals surface area contributed by atoms with E-state index in [1.54, 1.807) is 24.3 Å². The number of likely N-dealkylation sites (tertiary alicyclic amines) is 1. The van der Waals surface area contributed by atoms with Crippen LogP contribution >= 0.6 is 0 Å². The highest BCUT2D eigenvalue weighted by atomic mass is 16.5. The van der Waals surface area contributed by atoms with Crippen molar-refractivity contribution in [1.82, 2.24) is 26.2 Å². The van der Waals surface area contributed by atoms with E-state index in [9.17, 15) is 28.8 Å². The maximum atomic E-state index is 13.7. The highest BCUT2D eigenvalue weighted by molar-refractivity contribution is 6.38. The van der Waals surface area contributed by atoms with Crippen LogP contribution in [0.15, 0.2) is 60.7 Å². The second-order valence-electron chi connectivity index (χ2n) is 11.9. The number of nitrogens with one attached hydrogen (secondary N) is 4. The molecule has 46 heavy (non-hydrogen) atoms. The zero-order valence-electron chi connectivity index (χ0n) is 26.8. The highest BCUT2D eigenvalue weighted by Gasteiger charge is 2.34. The molecule has 1 heterocycles. The lowest BCUT2D eigenvalue weighted by Crippen LogP contribution is -2.59. The first-order chi connectivity index (χ1) is 22.0. The molecular formula is C34H45N5O7. The number of nitrogens with zero attached hydrogens (tertiary/aromatic N) is 1. The molecule has 0 aromatic heterocycles. The van der Waals surface area contributed by atoms with Gasteiger partial charge in [0.2, 0.25) is 23.5 Å². The highest BCUT2D eigenvalue weighted by Crippen LogP contribution is 2.12. The van der Waals surface area contributed by atoms with E-state index >= 15 is 0 Å². The lowest BCUT2D eigenvalue weighted by atomic mass is 10.0. The molecule has 0 aliphatic carbocycles. The van der Waals surface area contributed by atoms with Gasteiger partial charge in [-0.2, -0.15) is 0 Å². The molecule has 2 aromatic rings. The van der Waals surface area contributed by atoms with Crippen LogP contribution in [-0.2, 0) is 41.7 Å². The van der Waals surface area contributed by atoms with Crippen molar-refractivity contribution in [2.24, 2.45) is 5.92 Å². The molecule has 12 nitrogen and oxygen atoms in total. The number of hydrogen-bond acceptors (Lipinski definition) is 7. The summed E-state index contributed by atoms with van der Waals surface area (Å²) in [6.45, 7) is 5.65. The van der Waals surface area contributed by atoms with Crippen LogP contribution in [0.4, 0.5) is 4.79 Å². The van der Waals surface area contributed by atoms with Crippen LogP contribution in [-0.4, -0.2) is 78.2 Å². The molecule has 1 saturated heterocycles. The zero-order valence-corrected chi connectivity index (χ0v) is 26.8. The van der Waals surface area contributed by atoms with Crippen LogP contribution in [0.3, 0.4) is 0 Å². The van der Waals surface area contributed by atoms with E-state index in [-0.39, 0.29) is 31.9 Å². The third kappa shape index (κ3) is 12.0. The normalized spacial score (nSPS) is 14.7. The number of piperidine rings is 1. The lowest BCUT2D eigenvalue weighted by Gasteiger charge is -2.29. The Labute approximate surface area is 270 Å². The van der Waals surface area contributed by atoms with Crippen molar-refractivity contribution < 1.29 is 33.5 Å². The Hall–Kier alpha value is -4.74. The molecular weight excluding hydrogens is 590 g/mol. The first kappa shape index (κ1) is 35.7. The molecule has 0 spiro atoms. The second-order valence-corrected chi connectivity index (χ2v) is 11.9. The molecule has 12 heteroatoms. The van der Waals surface area contributed by atoms with Crippen LogP contribution in [0.25, 0.3) is 0 Å². The largest absolute Gasteiger partial charge is 0.445 e. The lowest BCUT2D eigenvalue weighted by molar-refractivity contribution is -0.147. The molecule has 3 rings (SSSR count). The van der Waals surface area contributed by atoms with E-state index in [1.807, 2.05) is 50.2 Å². The van der Waals surface area contributed by atoms with Gasteiger partial charge in [0, 0.05) is 33.0 Å². The van der Waals surface area contributed by atoms with Gasteiger partial charge >= 0.3 is 6.09 Å². The third-order valence-electron chi connectivity index (χ3n) is 7.49. The van der Waals surface area contributed by atoms with Crippen LogP contribution in [0, 0.1) is 5.92 Å². The number of carbonyl (C=O) groups excluding carboxylic acids is 6. The standard InChI is InChI=1S/C34H45N5O7/c1-23(2)19-27(38-34(45)46-22-26-15-9-5-10-16-26)31(42)36-28(20-25-13-7-4-8-14-25)32(43)37-29(21-35-24(3)40)30(41)33(44)39-17-11-6-12-18-39/h4-5,7-10,13-16,23,27-29H,6,11-12,17-22H2,1-3H3,(H,35,40)(H,36,42)(H,37,43)(H,38,45)/t27-,28-,29+/m0/s1. The number of alkyl carbamates (subject to hydrolysis) is 1. The summed E-state index contributed by atoms with van der Waals surface area (Å²) in [5, 5.41) is 10.5. The quantitative estimate of drug-likeness (QED) is 0.218. The number of carbonyl (C=O) groups is 6. The predicted molar refractivity (Wildman–Crippen MR) is 171 cm³/mol. The molecule has 248 valence electrons. The fourth-order valence-electron chi connectivity index (χ4n) is 5.07. The van der Waals surface area contributed by atoms with Crippen LogP contribution in [0.2, 0.25) is 0 Å². The van der Waals surface area contributed by atoms with Crippen molar-refractivity contribution in [2.75, 3.05) is 19.6 Å². The van der Waals surface area contributed by atoms with Gasteiger partial charge in [-0.1, -0.05) is 74.5 Å². The van der Waals surface area contributed by atoms with Crippen molar-refractivity contribution >= 4 is 35.5 Å². The average Bonchev–Trinajstić information content (AvgIpc) is 3.05. The molecule has 3 atom stereocenters. The van der Waals surface area contributed by atoms with Gasteiger partial charge in [-0.15, -0.1) is 0 Å². The summed E-state index contributed by atoms with van der Waals surface area (Å²) in [6, 6.07) is 14.5. The van der Waals surface area contributed by atoms with Gasteiger partial charge in [0.1, 0.15) is 24.7 Å². The monoisotopic (exact) mass is 635 g/mol. The Bertz CT molecular complexity index is 1330. The SMILES string of the molecule is CC(=O)NC[C@@H](NC(=O)[C@H](Cc1ccccc1)NC(=O)[C@H](CC(C)C)NC(=O)OCc1ccccc1)C(=O)C(=O)N1CCCCC1. The van der Waals surface area contributed by atoms with Crippen molar-refractivity contribution in [3.8, 4) is 0 Å². The summed E-state index contributed by atoms with van der Waals surface area (Å²) in [6.07, 6.45) is 2.05. The van der Waals surface area contributed by atoms with Gasteiger partial charge in [0.15, 0.2) is 0 Å². The Morgan fingerprint density at radius 1 is 0.739 bits per heavy atom. The first-order valence-electron chi connectivity index (χ1n) is 15.7. The van der Waals surface area contributed by atoms with Gasteiger partial charge in [-0.05, 0) is 42.7 Å². The number of benzene rings is 2. The summed E-state index contributed by atoms with van der Waals surface area (Å²) in [4.78, 5) is 79.5. The molecule has 2 aromatic carbocycles. The van der Waals surface area contributed by atoms with Crippen LogP contribution < -0.4 is 21.3 Å². The smallest absolute Gasteiger partial charge is 0.408 e.